The fraction of sp³-hybridized carbons (Fsp3) is 0.833. The van der Waals surface area contributed by atoms with Gasteiger partial charge in [-0.2, -0.15) is 0 Å². The van der Waals surface area contributed by atoms with Crippen molar-refractivity contribution in [1.82, 2.24) is 0 Å². The van der Waals surface area contributed by atoms with Gasteiger partial charge in [0.25, 0.3) is 0 Å². The van der Waals surface area contributed by atoms with Gasteiger partial charge in [-0.05, 0) is 6.42 Å². The molecule has 58 valence electrons. The standard InChI is InChI=1S/C6H10O4/c7-4-1-2-10-5(3-4)6(8)9/h4-5,7H,1-3H2,(H,8,9)/t4-,5-/m1/s1. The van der Waals surface area contributed by atoms with Crippen LogP contribution in [-0.4, -0.2) is 35.0 Å². The highest BCUT2D eigenvalue weighted by atomic mass is 16.5. The molecule has 1 fully saturated rings. The van der Waals surface area contributed by atoms with Gasteiger partial charge in [-0.25, -0.2) is 4.79 Å². The summed E-state index contributed by atoms with van der Waals surface area (Å²) >= 11 is 0. The van der Waals surface area contributed by atoms with Gasteiger partial charge in [0.05, 0.1) is 12.7 Å². The lowest BCUT2D eigenvalue weighted by atomic mass is 10.1. The molecular formula is C6H10O4. The number of aliphatic hydroxyl groups excluding tert-OH is 1. The molecule has 10 heavy (non-hydrogen) atoms. The lowest BCUT2D eigenvalue weighted by molar-refractivity contribution is -0.157. The smallest absolute Gasteiger partial charge is 0.332 e. The summed E-state index contributed by atoms with van der Waals surface area (Å²) in [6.07, 6.45) is -0.544. The van der Waals surface area contributed by atoms with E-state index in [0.717, 1.165) is 0 Å². The maximum absolute atomic E-state index is 10.3. The molecule has 0 spiro atoms. The van der Waals surface area contributed by atoms with Gasteiger partial charge in [-0.1, -0.05) is 0 Å². The van der Waals surface area contributed by atoms with E-state index >= 15 is 0 Å². The maximum Gasteiger partial charge on any atom is 0.332 e. The molecule has 1 heterocycles. The number of aliphatic hydroxyl groups is 1. The van der Waals surface area contributed by atoms with E-state index in [0.29, 0.717) is 13.0 Å². The highest BCUT2D eigenvalue weighted by Gasteiger charge is 2.26. The molecule has 0 bridgehead atoms. The first-order valence-electron chi connectivity index (χ1n) is 3.22. The maximum atomic E-state index is 10.3. The van der Waals surface area contributed by atoms with Crippen LogP contribution >= 0.6 is 0 Å². The Kier molecular flexibility index (Phi) is 2.24. The largest absolute Gasteiger partial charge is 0.479 e. The van der Waals surface area contributed by atoms with Crippen LogP contribution in [0.1, 0.15) is 12.8 Å². The van der Waals surface area contributed by atoms with Gasteiger partial charge in [-0.3, -0.25) is 0 Å². The van der Waals surface area contributed by atoms with Crippen molar-refractivity contribution < 1.29 is 19.7 Å². The average Bonchev–Trinajstić information content (AvgIpc) is 1.88. The van der Waals surface area contributed by atoms with E-state index in [4.69, 9.17) is 14.9 Å². The van der Waals surface area contributed by atoms with Crippen LogP contribution in [0.15, 0.2) is 0 Å². The van der Waals surface area contributed by atoms with Crippen LogP contribution in [0, 0.1) is 0 Å². The first kappa shape index (κ1) is 7.50. The van der Waals surface area contributed by atoms with Gasteiger partial charge in [0.15, 0.2) is 6.10 Å². The molecule has 0 aromatic carbocycles. The molecule has 1 aliphatic rings. The predicted molar refractivity (Wildman–Crippen MR) is 32.6 cm³/mol. The monoisotopic (exact) mass is 146 g/mol. The number of hydrogen-bond donors (Lipinski definition) is 2. The lowest BCUT2D eigenvalue weighted by Crippen LogP contribution is -2.34. The van der Waals surface area contributed by atoms with Crippen molar-refractivity contribution in [2.45, 2.75) is 25.0 Å². The number of hydrogen-bond acceptors (Lipinski definition) is 3. The second kappa shape index (κ2) is 2.98. The molecule has 0 aliphatic carbocycles. The van der Waals surface area contributed by atoms with E-state index in [9.17, 15) is 4.79 Å². The van der Waals surface area contributed by atoms with Gasteiger partial charge in [-0.15, -0.1) is 0 Å². The molecule has 2 atom stereocenters. The molecule has 1 saturated heterocycles. The predicted octanol–water partition coefficient (Wildman–Crippen LogP) is -0.389. The van der Waals surface area contributed by atoms with Crippen molar-refractivity contribution >= 4 is 5.97 Å². The minimum Gasteiger partial charge on any atom is -0.479 e. The minimum atomic E-state index is -0.987. The summed E-state index contributed by atoms with van der Waals surface area (Å²) in [5, 5.41) is 17.4. The van der Waals surface area contributed by atoms with Gasteiger partial charge in [0.2, 0.25) is 0 Å². The zero-order valence-corrected chi connectivity index (χ0v) is 5.49. The van der Waals surface area contributed by atoms with Crippen molar-refractivity contribution in [3.63, 3.8) is 0 Å². The third-order valence-electron chi connectivity index (χ3n) is 1.53. The summed E-state index contributed by atoms with van der Waals surface area (Å²) in [6.45, 7) is 0.345. The zero-order valence-electron chi connectivity index (χ0n) is 5.49. The molecule has 0 aromatic rings. The molecule has 4 nitrogen and oxygen atoms in total. The number of carbonyl (C=O) groups is 1. The van der Waals surface area contributed by atoms with E-state index in [1.165, 1.54) is 0 Å². The Balaban J connectivity index is 2.39. The lowest BCUT2D eigenvalue weighted by Gasteiger charge is -2.22. The zero-order chi connectivity index (χ0) is 7.56. The summed E-state index contributed by atoms with van der Waals surface area (Å²) in [5.41, 5.74) is 0. The number of carboxylic acids is 1. The van der Waals surface area contributed by atoms with Crippen molar-refractivity contribution in [2.24, 2.45) is 0 Å². The fourth-order valence-electron chi connectivity index (χ4n) is 0.951. The first-order valence-corrected chi connectivity index (χ1v) is 3.22. The highest BCUT2D eigenvalue weighted by molar-refractivity contribution is 5.72. The van der Waals surface area contributed by atoms with E-state index < -0.39 is 18.2 Å². The first-order chi connectivity index (χ1) is 4.70. The van der Waals surface area contributed by atoms with Crippen molar-refractivity contribution in [3.05, 3.63) is 0 Å². The Hall–Kier alpha value is -0.610. The minimum absolute atomic E-state index is 0.218. The number of rotatable bonds is 1. The second-order valence-electron chi connectivity index (χ2n) is 2.38. The van der Waals surface area contributed by atoms with E-state index in [1.54, 1.807) is 0 Å². The van der Waals surface area contributed by atoms with Crippen LogP contribution in [0.4, 0.5) is 0 Å². The topological polar surface area (TPSA) is 66.8 Å². The molecule has 1 rings (SSSR count). The Morgan fingerprint density at radius 3 is 2.70 bits per heavy atom. The second-order valence-corrected chi connectivity index (χ2v) is 2.38. The third-order valence-corrected chi connectivity index (χ3v) is 1.53. The van der Waals surface area contributed by atoms with Gasteiger partial charge in [0, 0.05) is 6.42 Å². The molecule has 0 amide bonds. The summed E-state index contributed by atoms with van der Waals surface area (Å²) < 4.78 is 4.85. The quantitative estimate of drug-likeness (QED) is 0.528. The van der Waals surface area contributed by atoms with Crippen LogP contribution < -0.4 is 0 Å². The molecule has 0 saturated carbocycles. The van der Waals surface area contributed by atoms with Crippen LogP contribution in [0.2, 0.25) is 0 Å². The highest BCUT2D eigenvalue weighted by Crippen LogP contribution is 2.13. The van der Waals surface area contributed by atoms with Crippen LogP contribution in [0.25, 0.3) is 0 Å². The van der Waals surface area contributed by atoms with Crippen molar-refractivity contribution in [1.29, 1.82) is 0 Å². The van der Waals surface area contributed by atoms with Crippen LogP contribution in [0.5, 0.6) is 0 Å². The molecule has 0 radical (unpaired) electrons. The summed E-state index contributed by atoms with van der Waals surface area (Å²) in [6, 6.07) is 0. The SMILES string of the molecule is O=C(O)[C@H]1C[C@H](O)CCO1. The molecule has 1 aliphatic heterocycles. The van der Waals surface area contributed by atoms with Gasteiger partial charge < -0.3 is 14.9 Å². The molecule has 0 aromatic heterocycles. The number of carboxylic acid groups (broad SMARTS) is 1. The molecule has 0 unspecified atom stereocenters. The third kappa shape index (κ3) is 1.68. The van der Waals surface area contributed by atoms with E-state index in [-0.39, 0.29) is 6.42 Å². The van der Waals surface area contributed by atoms with Crippen LogP contribution in [-0.2, 0) is 9.53 Å². The van der Waals surface area contributed by atoms with Gasteiger partial charge in [0.1, 0.15) is 0 Å². The molecular weight excluding hydrogens is 136 g/mol. The average molecular weight is 146 g/mol. The normalized spacial score (nSPS) is 33.7. The van der Waals surface area contributed by atoms with E-state index in [1.807, 2.05) is 0 Å². The molecule has 4 heteroatoms. The fourth-order valence-corrected chi connectivity index (χ4v) is 0.951. The Bertz CT molecular complexity index is 134. The van der Waals surface area contributed by atoms with Crippen molar-refractivity contribution in [2.75, 3.05) is 6.61 Å². The Morgan fingerprint density at radius 1 is 1.60 bits per heavy atom. The summed E-state index contributed by atoms with van der Waals surface area (Å²) in [5.74, 6) is -0.987. The van der Waals surface area contributed by atoms with E-state index in [2.05, 4.69) is 0 Å². The number of ether oxygens (including phenoxy) is 1. The Labute approximate surface area is 58.4 Å². The van der Waals surface area contributed by atoms with Crippen molar-refractivity contribution in [3.8, 4) is 0 Å². The molecule has 2 N–H and O–H groups in total. The van der Waals surface area contributed by atoms with Crippen LogP contribution in [0.3, 0.4) is 0 Å². The van der Waals surface area contributed by atoms with Gasteiger partial charge >= 0.3 is 5.97 Å². The summed E-state index contributed by atoms with van der Waals surface area (Å²) in [7, 11) is 0. The number of aliphatic carboxylic acids is 1. The summed E-state index contributed by atoms with van der Waals surface area (Å²) in [4.78, 5) is 10.3. The Morgan fingerprint density at radius 2 is 2.30 bits per heavy atom.